The Labute approximate surface area is 114 Å². The van der Waals surface area contributed by atoms with Crippen molar-refractivity contribution in [3.05, 3.63) is 34.9 Å². The number of aliphatic hydroxyl groups excluding tert-OH is 2. The van der Waals surface area contributed by atoms with Crippen LogP contribution in [0.4, 0.5) is 0 Å². The van der Waals surface area contributed by atoms with Crippen molar-refractivity contribution < 1.29 is 10.2 Å². The molecule has 18 heavy (non-hydrogen) atoms. The van der Waals surface area contributed by atoms with Gasteiger partial charge in [-0.3, -0.25) is 4.90 Å². The number of aliphatic hydroxyl groups is 2. The van der Waals surface area contributed by atoms with Gasteiger partial charge in [0.25, 0.3) is 0 Å². The van der Waals surface area contributed by atoms with E-state index in [2.05, 4.69) is 0 Å². The van der Waals surface area contributed by atoms with Gasteiger partial charge in [0.1, 0.15) is 0 Å². The lowest BCUT2D eigenvalue weighted by atomic mass is 10.0. The largest absolute Gasteiger partial charge is 0.394 e. The lowest BCUT2D eigenvalue weighted by molar-refractivity contribution is 0.0619. The van der Waals surface area contributed by atoms with Crippen molar-refractivity contribution in [1.29, 1.82) is 0 Å². The van der Waals surface area contributed by atoms with Gasteiger partial charge in [0.2, 0.25) is 0 Å². The third-order valence-electron chi connectivity index (χ3n) is 3.39. The van der Waals surface area contributed by atoms with E-state index in [1.807, 2.05) is 37.9 Å². The predicted molar refractivity (Wildman–Crippen MR) is 74.8 cm³/mol. The van der Waals surface area contributed by atoms with Crippen LogP contribution >= 0.6 is 11.6 Å². The molecule has 1 rings (SSSR count). The molecule has 0 heterocycles. The maximum atomic E-state index is 10.1. The van der Waals surface area contributed by atoms with Gasteiger partial charge in [-0.2, -0.15) is 0 Å². The second-order valence-electron chi connectivity index (χ2n) is 5.25. The summed E-state index contributed by atoms with van der Waals surface area (Å²) in [5, 5.41) is 20.0. The van der Waals surface area contributed by atoms with Crippen LogP contribution in [0.2, 0.25) is 5.02 Å². The van der Waals surface area contributed by atoms with E-state index in [9.17, 15) is 10.2 Å². The van der Waals surface area contributed by atoms with Crippen LogP contribution in [0, 0.1) is 0 Å². The normalized spacial score (nSPS) is 13.9. The topological polar surface area (TPSA) is 43.7 Å². The van der Waals surface area contributed by atoms with Crippen LogP contribution in [-0.4, -0.2) is 40.9 Å². The van der Waals surface area contributed by atoms with Crippen LogP contribution in [0.1, 0.15) is 31.9 Å². The van der Waals surface area contributed by atoms with Crippen molar-refractivity contribution in [3.8, 4) is 0 Å². The Morgan fingerprint density at radius 1 is 1.39 bits per heavy atom. The molecule has 0 bridgehead atoms. The van der Waals surface area contributed by atoms with Crippen molar-refractivity contribution >= 4 is 11.6 Å². The Bertz CT molecular complexity index is 382. The molecular weight excluding hydrogens is 250 g/mol. The number of hydrogen-bond acceptors (Lipinski definition) is 3. The number of rotatable bonds is 6. The third kappa shape index (κ3) is 4.25. The second kappa shape index (κ2) is 6.53. The highest BCUT2D eigenvalue weighted by Crippen LogP contribution is 2.21. The molecule has 1 aromatic rings. The first-order valence-electron chi connectivity index (χ1n) is 6.12. The Morgan fingerprint density at radius 3 is 2.61 bits per heavy atom. The van der Waals surface area contributed by atoms with E-state index in [1.54, 1.807) is 12.1 Å². The van der Waals surface area contributed by atoms with Crippen LogP contribution in [0.3, 0.4) is 0 Å². The standard InChI is InChI=1S/C14H22ClNO2/c1-14(2,10-17)16(3)8-7-13(18)11-5-4-6-12(15)9-11/h4-6,9,13,17-18H,7-8,10H2,1-3H3. The molecule has 0 saturated heterocycles. The van der Waals surface area contributed by atoms with Crippen molar-refractivity contribution in [2.24, 2.45) is 0 Å². The van der Waals surface area contributed by atoms with E-state index in [1.165, 1.54) is 0 Å². The summed E-state index contributed by atoms with van der Waals surface area (Å²) >= 11 is 5.89. The zero-order chi connectivity index (χ0) is 13.8. The zero-order valence-electron chi connectivity index (χ0n) is 11.2. The smallest absolute Gasteiger partial charge is 0.0802 e. The van der Waals surface area contributed by atoms with E-state index in [0.29, 0.717) is 18.0 Å². The third-order valence-corrected chi connectivity index (χ3v) is 3.63. The number of halogens is 1. The molecule has 0 amide bonds. The van der Waals surface area contributed by atoms with E-state index in [-0.39, 0.29) is 12.1 Å². The highest BCUT2D eigenvalue weighted by atomic mass is 35.5. The molecule has 0 radical (unpaired) electrons. The lowest BCUT2D eigenvalue weighted by Crippen LogP contribution is -2.44. The highest BCUT2D eigenvalue weighted by molar-refractivity contribution is 6.30. The van der Waals surface area contributed by atoms with Crippen LogP contribution < -0.4 is 0 Å². The summed E-state index contributed by atoms with van der Waals surface area (Å²) in [7, 11) is 1.95. The molecule has 0 aromatic heterocycles. The van der Waals surface area contributed by atoms with Crippen LogP contribution in [-0.2, 0) is 0 Å². The van der Waals surface area contributed by atoms with Crippen LogP contribution in [0.15, 0.2) is 24.3 Å². The van der Waals surface area contributed by atoms with Gasteiger partial charge >= 0.3 is 0 Å². The van der Waals surface area contributed by atoms with E-state index in [0.717, 1.165) is 5.56 Å². The van der Waals surface area contributed by atoms with Crippen LogP contribution in [0.5, 0.6) is 0 Å². The summed E-state index contributed by atoms with van der Waals surface area (Å²) in [6.45, 7) is 4.75. The molecule has 102 valence electrons. The Morgan fingerprint density at radius 2 is 2.06 bits per heavy atom. The Hall–Kier alpha value is -0.610. The van der Waals surface area contributed by atoms with Crippen molar-refractivity contribution in [2.75, 3.05) is 20.2 Å². The summed E-state index contributed by atoms with van der Waals surface area (Å²) in [5.41, 5.74) is 0.561. The van der Waals surface area contributed by atoms with Gasteiger partial charge in [0.15, 0.2) is 0 Å². The van der Waals surface area contributed by atoms with Gasteiger partial charge in [-0.25, -0.2) is 0 Å². The fourth-order valence-corrected chi connectivity index (χ4v) is 1.82. The fourth-order valence-electron chi connectivity index (χ4n) is 1.62. The molecular formula is C14H22ClNO2. The SMILES string of the molecule is CN(CCC(O)c1cccc(Cl)c1)C(C)(C)CO. The molecule has 1 aromatic carbocycles. The first-order valence-corrected chi connectivity index (χ1v) is 6.50. The van der Waals surface area contributed by atoms with Gasteiger partial charge in [-0.15, -0.1) is 0 Å². The average Bonchev–Trinajstić information content (AvgIpc) is 2.35. The summed E-state index contributed by atoms with van der Waals surface area (Å²) in [6, 6.07) is 7.28. The predicted octanol–water partition coefficient (Wildman–Crippen LogP) is 2.47. The van der Waals surface area contributed by atoms with Crippen molar-refractivity contribution in [3.63, 3.8) is 0 Å². The van der Waals surface area contributed by atoms with Crippen molar-refractivity contribution in [1.82, 2.24) is 4.90 Å². The monoisotopic (exact) mass is 271 g/mol. The fraction of sp³-hybridized carbons (Fsp3) is 0.571. The molecule has 0 aliphatic rings. The summed E-state index contributed by atoms with van der Waals surface area (Å²) in [5.74, 6) is 0. The first kappa shape index (κ1) is 15.4. The molecule has 0 aliphatic carbocycles. The molecule has 0 saturated carbocycles. The summed E-state index contributed by atoms with van der Waals surface area (Å²) in [6.07, 6.45) is 0.0842. The number of likely N-dealkylation sites (N-methyl/N-ethyl adjacent to an activating group) is 1. The van der Waals surface area contributed by atoms with Gasteiger partial charge in [-0.1, -0.05) is 23.7 Å². The molecule has 0 spiro atoms. The minimum Gasteiger partial charge on any atom is -0.394 e. The number of hydrogen-bond donors (Lipinski definition) is 2. The van der Waals surface area contributed by atoms with Gasteiger partial charge in [0.05, 0.1) is 12.7 Å². The Balaban J connectivity index is 2.54. The average molecular weight is 272 g/mol. The number of benzene rings is 1. The molecule has 4 heteroatoms. The van der Waals surface area contributed by atoms with Gasteiger partial charge in [0, 0.05) is 17.1 Å². The Kier molecular flexibility index (Phi) is 5.60. The summed E-state index contributed by atoms with van der Waals surface area (Å²) < 4.78 is 0. The molecule has 0 fully saturated rings. The molecule has 1 unspecified atom stereocenters. The van der Waals surface area contributed by atoms with E-state index >= 15 is 0 Å². The second-order valence-corrected chi connectivity index (χ2v) is 5.69. The minimum absolute atomic E-state index is 0.0940. The van der Waals surface area contributed by atoms with Gasteiger partial charge < -0.3 is 10.2 Å². The van der Waals surface area contributed by atoms with Gasteiger partial charge in [-0.05, 0) is 45.0 Å². The maximum absolute atomic E-state index is 10.1. The highest BCUT2D eigenvalue weighted by Gasteiger charge is 2.22. The minimum atomic E-state index is -0.527. The van der Waals surface area contributed by atoms with Crippen LogP contribution in [0.25, 0.3) is 0 Å². The molecule has 2 N–H and O–H groups in total. The molecule has 0 aliphatic heterocycles. The first-order chi connectivity index (χ1) is 8.36. The molecule has 3 nitrogen and oxygen atoms in total. The quantitative estimate of drug-likeness (QED) is 0.835. The van der Waals surface area contributed by atoms with Crippen molar-refractivity contribution in [2.45, 2.75) is 31.9 Å². The molecule has 1 atom stereocenters. The van der Waals surface area contributed by atoms with E-state index < -0.39 is 6.10 Å². The lowest BCUT2D eigenvalue weighted by Gasteiger charge is -2.34. The summed E-state index contributed by atoms with van der Waals surface area (Å²) in [4.78, 5) is 2.04. The maximum Gasteiger partial charge on any atom is 0.0802 e. The number of nitrogens with zero attached hydrogens (tertiary/aromatic N) is 1. The zero-order valence-corrected chi connectivity index (χ0v) is 12.0. The van der Waals surface area contributed by atoms with E-state index in [4.69, 9.17) is 11.6 Å².